The first-order valence-corrected chi connectivity index (χ1v) is 15.4. The average molecular weight is 464 g/mol. The van der Waals surface area contributed by atoms with E-state index >= 15 is 0 Å². The molecule has 0 saturated heterocycles. The molecule has 0 radical (unpaired) electrons. The van der Waals surface area contributed by atoms with Gasteiger partial charge in [0.15, 0.2) is 0 Å². The molecule has 0 atom stereocenters. The van der Waals surface area contributed by atoms with Crippen LogP contribution in [0.1, 0.15) is 5.69 Å². The summed E-state index contributed by atoms with van der Waals surface area (Å²) in [6, 6.07) is 21.4. The normalized spacial score (nSPS) is 14.2. The van der Waals surface area contributed by atoms with E-state index in [9.17, 15) is 0 Å². The van der Waals surface area contributed by atoms with Crippen molar-refractivity contribution >= 4 is 46.4 Å². The number of hydrogen-bond donors (Lipinski definition) is 0. The van der Waals surface area contributed by atoms with Crippen molar-refractivity contribution in [2.45, 2.75) is 26.1 Å². The van der Waals surface area contributed by atoms with Crippen molar-refractivity contribution in [3.8, 4) is 0 Å². The monoisotopic (exact) mass is 463 g/mol. The maximum absolute atomic E-state index is 5.09. The summed E-state index contributed by atoms with van der Waals surface area (Å²) in [5.41, 5.74) is 5.61. The lowest BCUT2D eigenvalue weighted by molar-refractivity contribution is 0.409. The van der Waals surface area contributed by atoms with Crippen molar-refractivity contribution < 1.29 is 0 Å². The largest absolute Gasteiger partial charge is 0.358 e. The predicted octanol–water partition coefficient (Wildman–Crippen LogP) is 5.37. The number of anilines is 1. The Kier molecular flexibility index (Phi) is 4.92. The first kappa shape index (κ1) is 20.9. The van der Waals surface area contributed by atoms with E-state index in [1.807, 2.05) is 12.3 Å². The Morgan fingerprint density at radius 2 is 1.76 bits per heavy atom. The highest BCUT2D eigenvalue weighted by molar-refractivity contribution is 6.90. The molecular formula is C28H29N5Si. The minimum absolute atomic E-state index is 0.868. The maximum Gasteiger partial charge on any atom is 0.147 e. The van der Waals surface area contributed by atoms with Crippen LogP contribution in [0.15, 0.2) is 85.5 Å². The Morgan fingerprint density at radius 1 is 0.912 bits per heavy atom. The van der Waals surface area contributed by atoms with Gasteiger partial charge in [0.25, 0.3) is 0 Å². The van der Waals surface area contributed by atoms with E-state index in [1.54, 1.807) is 0 Å². The molecule has 6 rings (SSSR count). The third kappa shape index (κ3) is 3.55. The summed E-state index contributed by atoms with van der Waals surface area (Å²) in [7, 11) is -1.56. The van der Waals surface area contributed by atoms with E-state index < -0.39 is 8.07 Å². The second kappa shape index (κ2) is 7.99. The maximum atomic E-state index is 5.09. The molecule has 34 heavy (non-hydrogen) atoms. The molecular weight excluding hydrogens is 434 g/mol. The number of benzene rings is 2. The predicted molar refractivity (Wildman–Crippen MR) is 144 cm³/mol. The fraction of sp³-hybridized carbons (Fsp3) is 0.214. The van der Waals surface area contributed by atoms with Crippen molar-refractivity contribution in [1.82, 2.24) is 19.3 Å². The second-order valence-corrected chi connectivity index (χ2v) is 15.1. The molecule has 170 valence electrons. The fourth-order valence-corrected chi connectivity index (χ4v) is 6.57. The van der Waals surface area contributed by atoms with Gasteiger partial charge in [-0.25, -0.2) is 4.98 Å². The number of rotatable bonds is 5. The lowest BCUT2D eigenvalue weighted by Crippen LogP contribution is -2.38. The Balaban J connectivity index is 1.36. The van der Waals surface area contributed by atoms with Crippen LogP contribution in [0.4, 0.5) is 5.69 Å². The number of nitrogens with zero attached hydrogens (tertiary/aromatic N) is 5. The van der Waals surface area contributed by atoms with Gasteiger partial charge in [-0.15, -0.1) is 0 Å². The second-order valence-electron chi connectivity index (χ2n) is 10.1. The zero-order valence-electron chi connectivity index (χ0n) is 19.9. The Morgan fingerprint density at radius 3 is 2.59 bits per heavy atom. The molecule has 2 aromatic carbocycles. The smallest absolute Gasteiger partial charge is 0.147 e. The minimum atomic E-state index is -1.56. The van der Waals surface area contributed by atoms with E-state index in [2.05, 4.69) is 107 Å². The van der Waals surface area contributed by atoms with E-state index in [1.165, 1.54) is 21.8 Å². The Labute approximate surface area is 201 Å². The topological polar surface area (TPSA) is 36.7 Å². The van der Waals surface area contributed by atoms with Crippen LogP contribution >= 0.6 is 0 Å². The van der Waals surface area contributed by atoms with Crippen LogP contribution < -0.4 is 10.1 Å². The highest BCUT2D eigenvalue weighted by Crippen LogP contribution is 2.28. The first-order valence-electron chi connectivity index (χ1n) is 11.9. The van der Waals surface area contributed by atoms with Crippen molar-refractivity contribution in [3.63, 3.8) is 0 Å². The van der Waals surface area contributed by atoms with Gasteiger partial charge in [0, 0.05) is 54.2 Å². The van der Waals surface area contributed by atoms with Gasteiger partial charge in [0.05, 0.1) is 31.5 Å². The molecule has 6 heteroatoms. The van der Waals surface area contributed by atoms with Crippen LogP contribution in [0.25, 0.3) is 27.5 Å². The van der Waals surface area contributed by atoms with Crippen molar-refractivity contribution in [2.75, 3.05) is 18.1 Å². The zero-order chi connectivity index (χ0) is 23.3. The molecule has 5 nitrogen and oxygen atoms in total. The van der Waals surface area contributed by atoms with E-state index in [4.69, 9.17) is 9.97 Å². The molecule has 0 bridgehead atoms. The lowest BCUT2D eigenvalue weighted by atomic mass is 10.1. The molecule has 1 aliphatic heterocycles. The molecule has 0 spiro atoms. The number of aromatic nitrogens is 3. The van der Waals surface area contributed by atoms with Gasteiger partial charge >= 0.3 is 0 Å². The number of fused-ring (bicyclic) bond motifs is 6. The molecule has 0 amide bonds. The summed E-state index contributed by atoms with van der Waals surface area (Å²) in [5, 5.41) is 3.87. The van der Waals surface area contributed by atoms with Gasteiger partial charge in [0.1, 0.15) is 5.65 Å². The van der Waals surface area contributed by atoms with E-state index in [0.717, 1.165) is 41.9 Å². The summed E-state index contributed by atoms with van der Waals surface area (Å²) in [5.74, 6) is 0. The van der Waals surface area contributed by atoms with Gasteiger partial charge in [-0.3, -0.25) is 9.38 Å². The van der Waals surface area contributed by atoms with Gasteiger partial charge in [-0.05, 0) is 35.5 Å². The van der Waals surface area contributed by atoms with Crippen LogP contribution in [0, 0.1) is 0 Å². The number of hydrogen-bond acceptors (Lipinski definition) is 4. The van der Waals surface area contributed by atoms with Gasteiger partial charge in [-0.2, -0.15) is 0 Å². The van der Waals surface area contributed by atoms with E-state index in [-0.39, 0.29) is 0 Å². The van der Waals surface area contributed by atoms with Crippen LogP contribution in [0.3, 0.4) is 0 Å². The zero-order valence-corrected chi connectivity index (χ0v) is 20.9. The van der Waals surface area contributed by atoms with Crippen molar-refractivity contribution in [1.29, 1.82) is 0 Å². The molecule has 5 aromatic rings. The molecule has 1 aliphatic rings. The third-order valence-corrected chi connectivity index (χ3v) is 8.72. The van der Waals surface area contributed by atoms with Crippen molar-refractivity contribution in [2.24, 2.45) is 0 Å². The van der Waals surface area contributed by atoms with Crippen LogP contribution in [0.2, 0.25) is 19.6 Å². The highest BCUT2D eigenvalue weighted by atomic mass is 28.3. The van der Waals surface area contributed by atoms with Gasteiger partial charge < -0.3 is 9.80 Å². The summed E-state index contributed by atoms with van der Waals surface area (Å²) >= 11 is 0. The van der Waals surface area contributed by atoms with Gasteiger partial charge in [-0.1, -0.05) is 50.0 Å². The molecule has 0 aliphatic carbocycles. The number of para-hydroxylation sites is 1. The third-order valence-electron chi connectivity index (χ3n) is 6.69. The Bertz CT molecular complexity index is 1530. The summed E-state index contributed by atoms with van der Waals surface area (Å²) in [6.45, 7) is 9.01. The lowest BCUT2D eigenvalue weighted by Gasteiger charge is -2.21. The molecule has 0 unspecified atom stereocenters. The SMILES string of the molecule is C[Si](C)(C)c1cccc2c1c1ncccc1c1nc(CCN3C=CN(c4ccccc4)C3)cn21. The molecule has 0 saturated carbocycles. The van der Waals surface area contributed by atoms with Crippen LogP contribution in [-0.2, 0) is 6.42 Å². The molecule has 4 heterocycles. The van der Waals surface area contributed by atoms with E-state index in [0.29, 0.717) is 0 Å². The summed E-state index contributed by atoms with van der Waals surface area (Å²) in [6.07, 6.45) is 9.36. The fourth-order valence-electron chi connectivity index (χ4n) is 4.98. The van der Waals surface area contributed by atoms with Crippen LogP contribution in [0.5, 0.6) is 0 Å². The molecule has 0 N–H and O–H groups in total. The average Bonchev–Trinajstić information content (AvgIpc) is 3.50. The van der Waals surface area contributed by atoms with Crippen LogP contribution in [-0.4, -0.2) is 40.6 Å². The minimum Gasteiger partial charge on any atom is -0.358 e. The molecule has 0 fully saturated rings. The Hall–Kier alpha value is -3.64. The molecule has 3 aromatic heterocycles. The quantitative estimate of drug-likeness (QED) is 0.259. The van der Waals surface area contributed by atoms with Gasteiger partial charge in [0.2, 0.25) is 0 Å². The summed E-state index contributed by atoms with van der Waals surface area (Å²) < 4.78 is 2.29. The number of imidazole rings is 1. The highest BCUT2D eigenvalue weighted by Gasteiger charge is 2.23. The first-order chi connectivity index (χ1) is 16.5. The number of pyridine rings is 2. The standard InChI is InChI=1S/C28H29N5Si/c1-34(2,3)25-13-7-12-24-26(25)27-23(11-8-15-29-27)28-30-21(19-33(24)28)14-16-31-17-18-32(20-31)22-9-5-4-6-10-22/h4-13,15,17-19H,14,16,20H2,1-3H3. The summed E-state index contributed by atoms with van der Waals surface area (Å²) in [4.78, 5) is 14.5. The van der Waals surface area contributed by atoms with Crippen molar-refractivity contribution in [3.05, 3.63) is 91.2 Å².